The Bertz CT molecular complexity index is 508. The molecular weight excluding hydrogens is 302 g/mol. The summed E-state index contributed by atoms with van der Waals surface area (Å²) < 4.78 is 5.07. The molecule has 1 rings (SSSR count). The van der Waals surface area contributed by atoms with Crippen LogP contribution in [0.1, 0.15) is 31.9 Å². The smallest absolute Gasteiger partial charge is 0.408 e. The third-order valence-corrected chi connectivity index (χ3v) is 3.77. The molecule has 0 aliphatic heterocycles. The topological polar surface area (TPSA) is 75.6 Å². The first-order chi connectivity index (χ1) is 10.2. The van der Waals surface area contributed by atoms with Gasteiger partial charge in [0.05, 0.1) is 0 Å². The molecule has 0 saturated heterocycles. The van der Waals surface area contributed by atoms with Crippen LogP contribution in [0, 0.1) is 6.92 Å². The lowest BCUT2D eigenvalue weighted by molar-refractivity contribution is -0.138. The van der Waals surface area contributed by atoms with Gasteiger partial charge in [0.15, 0.2) is 0 Å². The molecule has 122 valence electrons. The summed E-state index contributed by atoms with van der Waals surface area (Å²) in [6.45, 7) is 7.21. The minimum Gasteiger partial charge on any atom is -0.480 e. The molecule has 1 atom stereocenters. The molecule has 0 spiro atoms. The summed E-state index contributed by atoms with van der Waals surface area (Å²) in [4.78, 5) is 22.8. The molecule has 0 fully saturated rings. The summed E-state index contributed by atoms with van der Waals surface area (Å²) in [5.41, 5.74) is 1.66. The summed E-state index contributed by atoms with van der Waals surface area (Å²) in [5, 5.41) is 11.6. The van der Waals surface area contributed by atoms with Crippen molar-refractivity contribution in [3.05, 3.63) is 35.4 Å². The average Bonchev–Trinajstić information content (AvgIpc) is 2.37. The Balaban J connectivity index is 2.46. The third-order valence-electron chi connectivity index (χ3n) is 2.66. The van der Waals surface area contributed by atoms with Crippen molar-refractivity contribution in [1.29, 1.82) is 0 Å². The van der Waals surface area contributed by atoms with Gasteiger partial charge in [-0.2, -0.15) is 11.8 Å². The maximum atomic E-state index is 11.6. The van der Waals surface area contributed by atoms with Crippen molar-refractivity contribution in [1.82, 2.24) is 5.32 Å². The summed E-state index contributed by atoms with van der Waals surface area (Å²) in [5.74, 6) is -0.0926. The second-order valence-corrected chi connectivity index (χ2v) is 7.07. The molecule has 0 bridgehead atoms. The van der Waals surface area contributed by atoms with Crippen molar-refractivity contribution >= 4 is 23.8 Å². The number of carboxylic acid groups (broad SMARTS) is 1. The van der Waals surface area contributed by atoms with E-state index in [1.165, 1.54) is 17.3 Å². The van der Waals surface area contributed by atoms with E-state index in [0.29, 0.717) is 5.75 Å². The predicted molar refractivity (Wildman–Crippen MR) is 88.1 cm³/mol. The molecule has 2 N–H and O–H groups in total. The Hall–Kier alpha value is -1.69. The molecule has 1 unspecified atom stereocenters. The average molecular weight is 325 g/mol. The molecule has 1 aromatic rings. The third kappa shape index (κ3) is 7.36. The van der Waals surface area contributed by atoms with Crippen LogP contribution < -0.4 is 5.32 Å². The van der Waals surface area contributed by atoms with Gasteiger partial charge in [-0.3, -0.25) is 0 Å². The highest BCUT2D eigenvalue weighted by Crippen LogP contribution is 2.14. The number of carbonyl (C=O) groups excluding carboxylic acids is 1. The normalized spacial score (nSPS) is 12.5. The molecule has 22 heavy (non-hydrogen) atoms. The Morgan fingerprint density at radius 1 is 1.27 bits per heavy atom. The number of nitrogens with one attached hydrogen (secondary N) is 1. The van der Waals surface area contributed by atoms with Gasteiger partial charge >= 0.3 is 12.1 Å². The van der Waals surface area contributed by atoms with E-state index in [9.17, 15) is 14.7 Å². The van der Waals surface area contributed by atoms with Crippen LogP contribution in [-0.2, 0) is 15.3 Å². The van der Waals surface area contributed by atoms with E-state index in [4.69, 9.17) is 4.74 Å². The Morgan fingerprint density at radius 3 is 2.36 bits per heavy atom. The van der Waals surface area contributed by atoms with Crippen molar-refractivity contribution < 1.29 is 19.4 Å². The first-order valence-electron chi connectivity index (χ1n) is 7.03. The highest BCUT2D eigenvalue weighted by atomic mass is 32.2. The van der Waals surface area contributed by atoms with E-state index in [1.54, 1.807) is 20.8 Å². The number of benzene rings is 1. The number of rotatable bonds is 6. The fraction of sp³-hybridized carbons (Fsp3) is 0.500. The van der Waals surface area contributed by atoms with Gasteiger partial charge in [0.1, 0.15) is 11.6 Å². The van der Waals surface area contributed by atoms with Gasteiger partial charge in [0.2, 0.25) is 0 Å². The second kappa shape index (κ2) is 8.08. The fourth-order valence-electron chi connectivity index (χ4n) is 1.60. The van der Waals surface area contributed by atoms with Crippen LogP contribution in [0.4, 0.5) is 4.79 Å². The summed E-state index contributed by atoms with van der Waals surface area (Å²) in [6, 6.07) is 7.09. The monoisotopic (exact) mass is 325 g/mol. The number of amides is 1. The van der Waals surface area contributed by atoms with E-state index in [-0.39, 0.29) is 5.75 Å². The van der Waals surface area contributed by atoms with Crippen LogP contribution in [0.15, 0.2) is 24.3 Å². The first-order valence-corrected chi connectivity index (χ1v) is 8.18. The van der Waals surface area contributed by atoms with Crippen LogP contribution in [0.2, 0.25) is 0 Å². The predicted octanol–water partition coefficient (Wildman–Crippen LogP) is 3.21. The molecule has 0 heterocycles. The van der Waals surface area contributed by atoms with Crippen LogP contribution >= 0.6 is 11.8 Å². The molecule has 0 aromatic heterocycles. The Kier molecular flexibility index (Phi) is 6.74. The number of carbonyl (C=O) groups is 2. The number of alkyl carbamates (subject to hydrolysis) is 1. The molecule has 1 amide bonds. The highest BCUT2D eigenvalue weighted by molar-refractivity contribution is 7.98. The zero-order valence-corrected chi connectivity index (χ0v) is 14.2. The maximum absolute atomic E-state index is 11.6. The number of aryl methyl sites for hydroxylation is 1. The van der Waals surface area contributed by atoms with E-state index in [1.807, 2.05) is 31.2 Å². The minimum atomic E-state index is -1.07. The standard InChI is InChI=1S/C16H23NO4S/c1-11-5-7-12(8-6-11)9-22-10-13(14(18)19)17-15(20)21-16(2,3)4/h5-8,13H,9-10H2,1-4H3,(H,17,20)(H,18,19). The van der Waals surface area contributed by atoms with E-state index >= 15 is 0 Å². The van der Waals surface area contributed by atoms with Gasteiger partial charge in [-0.05, 0) is 33.3 Å². The molecular formula is C16H23NO4S. The minimum absolute atomic E-state index is 0.280. The lowest BCUT2D eigenvalue weighted by atomic mass is 10.2. The maximum Gasteiger partial charge on any atom is 0.408 e. The van der Waals surface area contributed by atoms with Crippen molar-refractivity contribution in [3.63, 3.8) is 0 Å². The van der Waals surface area contributed by atoms with Gasteiger partial charge in [0, 0.05) is 11.5 Å². The quantitative estimate of drug-likeness (QED) is 0.840. The molecule has 0 saturated carbocycles. The van der Waals surface area contributed by atoms with E-state index in [2.05, 4.69) is 5.32 Å². The largest absolute Gasteiger partial charge is 0.480 e. The van der Waals surface area contributed by atoms with Gasteiger partial charge in [-0.1, -0.05) is 29.8 Å². The van der Waals surface area contributed by atoms with Crippen molar-refractivity contribution in [3.8, 4) is 0 Å². The van der Waals surface area contributed by atoms with Crippen molar-refractivity contribution in [2.24, 2.45) is 0 Å². The number of ether oxygens (including phenoxy) is 1. The van der Waals surface area contributed by atoms with Gasteiger partial charge in [-0.25, -0.2) is 9.59 Å². The second-order valence-electron chi connectivity index (χ2n) is 6.04. The number of aliphatic carboxylic acids is 1. The Morgan fingerprint density at radius 2 is 1.86 bits per heavy atom. The van der Waals surface area contributed by atoms with Crippen LogP contribution in [-0.4, -0.2) is 34.6 Å². The molecule has 0 aliphatic rings. The van der Waals surface area contributed by atoms with Crippen LogP contribution in [0.25, 0.3) is 0 Å². The van der Waals surface area contributed by atoms with Gasteiger partial charge in [-0.15, -0.1) is 0 Å². The zero-order chi connectivity index (χ0) is 16.8. The SMILES string of the molecule is Cc1ccc(CSCC(NC(=O)OC(C)(C)C)C(=O)O)cc1. The lowest BCUT2D eigenvalue weighted by Crippen LogP contribution is -2.44. The van der Waals surface area contributed by atoms with Crippen LogP contribution in [0.5, 0.6) is 0 Å². The van der Waals surface area contributed by atoms with Crippen LogP contribution in [0.3, 0.4) is 0 Å². The number of carboxylic acids is 1. The zero-order valence-electron chi connectivity index (χ0n) is 13.4. The fourth-order valence-corrected chi connectivity index (χ4v) is 2.61. The lowest BCUT2D eigenvalue weighted by Gasteiger charge is -2.21. The summed E-state index contributed by atoms with van der Waals surface area (Å²) in [6.07, 6.45) is -0.712. The van der Waals surface area contributed by atoms with Gasteiger partial charge in [0.25, 0.3) is 0 Å². The molecule has 0 radical (unpaired) electrons. The number of hydrogen-bond acceptors (Lipinski definition) is 4. The van der Waals surface area contributed by atoms with Crippen molar-refractivity contribution in [2.75, 3.05) is 5.75 Å². The Labute approximate surface area is 135 Å². The highest BCUT2D eigenvalue weighted by Gasteiger charge is 2.23. The molecule has 0 aliphatic carbocycles. The molecule has 6 heteroatoms. The number of thioether (sulfide) groups is 1. The number of hydrogen-bond donors (Lipinski definition) is 2. The van der Waals surface area contributed by atoms with Crippen molar-refractivity contribution in [2.45, 2.75) is 45.1 Å². The first kappa shape index (κ1) is 18.4. The molecule has 5 nitrogen and oxygen atoms in total. The molecule has 1 aromatic carbocycles. The summed E-state index contributed by atoms with van der Waals surface area (Å²) in [7, 11) is 0. The van der Waals surface area contributed by atoms with E-state index < -0.39 is 23.7 Å². The van der Waals surface area contributed by atoms with Gasteiger partial charge < -0.3 is 15.2 Å². The van der Waals surface area contributed by atoms with E-state index in [0.717, 1.165) is 5.56 Å². The summed E-state index contributed by atoms with van der Waals surface area (Å²) >= 11 is 1.46.